The maximum Gasteiger partial charge on any atom is 0.199 e. The van der Waals surface area contributed by atoms with Gasteiger partial charge in [-0.25, -0.2) is 0 Å². The van der Waals surface area contributed by atoms with Crippen LogP contribution in [0.4, 0.5) is 4.39 Å². The number of unbranched alkanes of at least 4 members (excludes halogenated alkanes) is 1. The van der Waals surface area contributed by atoms with E-state index in [-0.39, 0.29) is 0 Å². The van der Waals surface area contributed by atoms with E-state index in [0.717, 1.165) is 12.8 Å². The van der Waals surface area contributed by atoms with Gasteiger partial charge in [0.2, 0.25) is 0 Å². The molecule has 0 aromatic heterocycles. The van der Waals surface area contributed by atoms with E-state index in [1.807, 2.05) is 0 Å². The van der Waals surface area contributed by atoms with E-state index in [0.29, 0.717) is 23.7 Å². The molecule has 1 aromatic carbocycles. The number of hydrogen-bond acceptors (Lipinski definition) is 1. The number of benzene rings is 1. The fourth-order valence-corrected chi connectivity index (χ4v) is 5.49. The van der Waals surface area contributed by atoms with Crippen molar-refractivity contribution in [3.63, 3.8) is 0 Å². The van der Waals surface area contributed by atoms with Crippen molar-refractivity contribution in [2.45, 2.75) is 83.5 Å². The van der Waals surface area contributed by atoms with Crippen LogP contribution in [-0.2, 0) is 6.42 Å². The summed E-state index contributed by atoms with van der Waals surface area (Å²) in [6, 6.07) is 10.9. The van der Waals surface area contributed by atoms with Crippen molar-refractivity contribution in [2.24, 2.45) is 17.8 Å². The van der Waals surface area contributed by atoms with Crippen molar-refractivity contribution in [2.75, 3.05) is 0 Å². The lowest BCUT2D eigenvalue weighted by Gasteiger charge is -2.36. The van der Waals surface area contributed by atoms with Gasteiger partial charge in [0.25, 0.3) is 0 Å². The number of halogens is 1. The first-order chi connectivity index (χ1) is 15.1. The predicted molar refractivity (Wildman–Crippen MR) is 128 cm³/mol. The summed E-state index contributed by atoms with van der Waals surface area (Å²) >= 11 is 0. The van der Waals surface area contributed by atoms with Crippen molar-refractivity contribution < 1.29 is 4.39 Å². The highest BCUT2D eigenvalue weighted by atomic mass is 19.1. The Labute approximate surface area is 188 Å². The van der Waals surface area contributed by atoms with E-state index in [1.54, 1.807) is 6.08 Å². The minimum atomic E-state index is -0.721. The highest BCUT2D eigenvalue weighted by molar-refractivity contribution is 5.26. The molecule has 3 rings (SSSR count). The third-order valence-electron chi connectivity index (χ3n) is 7.55. The summed E-state index contributed by atoms with van der Waals surface area (Å²) in [5.41, 5.74) is 4.49. The fourth-order valence-electron chi connectivity index (χ4n) is 5.49. The Morgan fingerprint density at radius 1 is 1.03 bits per heavy atom. The molecule has 1 nitrogen and oxygen atoms in total. The van der Waals surface area contributed by atoms with Gasteiger partial charge in [-0.15, -0.1) is 0 Å². The first kappa shape index (κ1) is 23.5. The molecule has 0 amide bonds. The van der Waals surface area contributed by atoms with Crippen LogP contribution < -0.4 is 0 Å². The average Bonchev–Trinajstić information content (AvgIpc) is 2.83. The van der Waals surface area contributed by atoms with Crippen molar-refractivity contribution in [1.29, 1.82) is 5.26 Å². The van der Waals surface area contributed by atoms with E-state index >= 15 is 0 Å². The van der Waals surface area contributed by atoms with Crippen LogP contribution in [0.5, 0.6) is 0 Å². The maximum atomic E-state index is 12.9. The summed E-state index contributed by atoms with van der Waals surface area (Å²) in [6.07, 6.45) is 18.6. The molecule has 0 bridgehead atoms. The van der Waals surface area contributed by atoms with Crippen molar-refractivity contribution in [3.05, 3.63) is 71.6 Å². The lowest BCUT2D eigenvalue weighted by molar-refractivity contribution is 0.290. The minimum Gasteiger partial charge on any atom is -0.195 e. The lowest BCUT2D eigenvalue weighted by atomic mass is 9.70. The van der Waals surface area contributed by atoms with Crippen molar-refractivity contribution in [1.82, 2.24) is 0 Å². The second-order valence-electron chi connectivity index (χ2n) is 9.59. The van der Waals surface area contributed by atoms with Crippen LogP contribution in [0.1, 0.15) is 88.2 Å². The topological polar surface area (TPSA) is 23.8 Å². The summed E-state index contributed by atoms with van der Waals surface area (Å²) in [5.74, 6) is 1.83. The molecule has 31 heavy (non-hydrogen) atoms. The van der Waals surface area contributed by atoms with Gasteiger partial charge in [-0.05, 0) is 105 Å². The van der Waals surface area contributed by atoms with Crippen LogP contribution in [-0.4, -0.2) is 0 Å². The Balaban J connectivity index is 1.43. The average molecular weight is 420 g/mol. The van der Waals surface area contributed by atoms with E-state index in [2.05, 4.69) is 43.8 Å². The second kappa shape index (κ2) is 12.0. The standard InChI is InChI=1S/C29H38FN/c1-3-4-6-23-11-15-27(16-12-23)28-19-17-26(18-20-28)22(2)25-13-9-24(10-14-25)7-5-8-29(30)21-31/h5,7-8,11-12,15-16,24-26,28H,2-4,6,9-10,13-14,17-20H2,1H3/b7-5+,29-8-/t24-,25-,26-,28-. The molecule has 0 atom stereocenters. The molecule has 166 valence electrons. The molecule has 0 saturated heterocycles. The molecule has 2 aliphatic carbocycles. The molecule has 0 heterocycles. The van der Waals surface area contributed by atoms with Crippen LogP contribution in [0.3, 0.4) is 0 Å². The third kappa shape index (κ3) is 6.93. The highest BCUT2D eigenvalue weighted by Crippen LogP contribution is 2.43. The smallest absolute Gasteiger partial charge is 0.195 e. The number of hydrogen-bond donors (Lipinski definition) is 0. The molecule has 0 N–H and O–H groups in total. The van der Waals surface area contributed by atoms with Crippen LogP contribution in [0, 0.1) is 29.1 Å². The number of nitrogens with zero attached hydrogens (tertiary/aromatic N) is 1. The van der Waals surface area contributed by atoms with E-state index < -0.39 is 5.83 Å². The molecule has 2 saturated carbocycles. The first-order valence-corrected chi connectivity index (χ1v) is 12.3. The third-order valence-corrected chi connectivity index (χ3v) is 7.55. The van der Waals surface area contributed by atoms with Crippen LogP contribution >= 0.6 is 0 Å². The quantitative estimate of drug-likeness (QED) is 0.235. The van der Waals surface area contributed by atoms with Crippen LogP contribution in [0.15, 0.2) is 60.5 Å². The molecule has 0 spiro atoms. The Morgan fingerprint density at radius 3 is 2.23 bits per heavy atom. The van der Waals surface area contributed by atoms with Gasteiger partial charge in [0.15, 0.2) is 5.83 Å². The lowest BCUT2D eigenvalue weighted by Crippen LogP contribution is -2.22. The molecule has 2 aliphatic rings. The Hall–Kier alpha value is -2.14. The van der Waals surface area contributed by atoms with E-state index in [1.165, 1.54) is 86.6 Å². The second-order valence-corrected chi connectivity index (χ2v) is 9.59. The number of allylic oxidation sites excluding steroid dienone is 5. The summed E-state index contributed by atoms with van der Waals surface area (Å²) < 4.78 is 12.9. The zero-order valence-corrected chi connectivity index (χ0v) is 19.2. The monoisotopic (exact) mass is 419 g/mol. The molecule has 0 aliphatic heterocycles. The van der Waals surface area contributed by atoms with E-state index in [9.17, 15) is 4.39 Å². The number of nitriles is 1. The Morgan fingerprint density at radius 2 is 1.65 bits per heavy atom. The van der Waals surface area contributed by atoms with Gasteiger partial charge in [-0.3, -0.25) is 0 Å². The van der Waals surface area contributed by atoms with Gasteiger partial charge in [0.1, 0.15) is 6.07 Å². The molecule has 2 fully saturated rings. The Bertz CT molecular complexity index is 794. The SMILES string of the molecule is C=C([C@H]1CC[C@H](/C=C/C=C(\F)C#N)CC1)[C@H]1CC[C@H](c2ccc(CCCC)cc2)CC1. The number of aryl methyl sites for hydroxylation is 1. The largest absolute Gasteiger partial charge is 0.199 e. The zero-order valence-electron chi connectivity index (χ0n) is 19.2. The van der Waals surface area contributed by atoms with Gasteiger partial charge in [-0.2, -0.15) is 9.65 Å². The molecule has 1 aromatic rings. The van der Waals surface area contributed by atoms with Crippen LogP contribution in [0.25, 0.3) is 0 Å². The zero-order chi connectivity index (χ0) is 22.1. The Kier molecular flexibility index (Phi) is 9.13. The molecular weight excluding hydrogens is 381 g/mol. The van der Waals surface area contributed by atoms with Gasteiger partial charge >= 0.3 is 0 Å². The van der Waals surface area contributed by atoms with Crippen molar-refractivity contribution >= 4 is 0 Å². The molecule has 2 heteroatoms. The van der Waals surface area contributed by atoms with Gasteiger partial charge in [-0.1, -0.05) is 61.9 Å². The minimum absolute atomic E-state index is 0.503. The summed E-state index contributed by atoms with van der Waals surface area (Å²) in [6.45, 7) is 6.80. The van der Waals surface area contributed by atoms with Crippen molar-refractivity contribution in [3.8, 4) is 6.07 Å². The van der Waals surface area contributed by atoms with Crippen LogP contribution in [0.2, 0.25) is 0 Å². The normalized spacial score (nSPS) is 27.2. The first-order valence-electron chi connectivity index (χ1n) is 12.3. The molecule has 0 radical (unpaired) electrons. The predicted octanol–water partition coefficient (Wildman–Crippen LogP) is 8.60. The fraction of sp³-hybridized carbons (Fsp3) is 0.552. The summed E-state index contributed by atoms with van der Waals surface area (Å²) in [7, 11) is 0. The number of rotatable bonds is 8. The summed E-state index contributed by atoms with van der Waals surface area (Å²) in [5, 5.41) is 8.47. The molecule has 0 unspecified atom stereocenters. The highest BCUT2D eigenvalue weighted by Gasteiger charge is 2.29. The maximum absolute atomic E-state index is 12.9. The van der Waals surface area contributed by atoms with Gasteiger partial charge in [0.05, 0.1) is 0 Å². The van der Waals surface area contributed by atoms with Gasteiger partial charge < -0.3 is 0 Å². The molecular formula is C29H38FN. The van der Waals surface area contributed by atoms with E-state index in [4.69, 9.17) is 5.26 Å². The summed E-state index contributed by atoms with van der Waals surface area (Å²) in [4.78, 5) is 0. The van der Waals surface area contributed by atoms with Gasteiger partial charge in [0, 0.05) is 0 Å².